The lowest BCUT2D eigenvalue weighted by molar-refractivity contribution is 0.226. The summed E-state index contributed by atoms with van der Waals surface area (Å²) in [6, 6.07) is 9.93. The van der Waals surface area contributed by atoms with Gasteiger partial charge in [-0.1, -0.05) is 0 Å². The van der Waals surface area contributed by atoms with Crippen LogP contribution in [0.1, 0.15) is 24.3 Å². The first-order valence-electron chi connectivity index (χ1n) is 10.3. The Bertz CT molecular complexity index is 1250. The molecule has 0 fully saturated rings. The average molecular weight is 449 g/mol. The number of pyridine rings is 2. The van der Waals surface area contributed by atoms with Crippen LogP contribution in [0.25, 0.3) is 16.8 Å². The number of nitrogens with zero attached hydrogens (tertiary/aromatic N) is 5. The van der Waals surface area contributed by atoms with E-state index in [1.54, 1.807) is 44.8 Å². The van der Waals surface area contributed by atoms with Crippen LogP contribution in [0.3, 0.4) is 0 Å². The number of rotatable bonds is 8. The minimum absolute atomic E-state index is 0.208. The largest absolute Gasteiger partial charge is 0.482 e. The van der Waals surface area contributed by atoms with Crippen molar-refractivity contribution in [1.82, 2.24) is 30.3 Å². The van der Waals surface area contributed by atoms with Gasteiger partial charge in [0.15, 0.2) is 11.6 Å². The average Bonchev–Trinajstić information content (AvgIpc) is 3.35. The van der Waals surface area contributed by atoms with Crippen molar-refractivity contribution < 1.29 is 13.9 Å². The highest BCUT2D eigenvalue weighted by molar-refractivity contribution is 5.71. The van der Waals surface area contributed by atoms with E-state index >= 15 is 0 Å². The molecule has 3 heterocycles. The highest BCUT2D eigenvalue weighted by Gasteiger charge is 2.19. The Balaban J connectivity index is 1.67. The summed E-state index contributed by atoms with van der Waals surface area (Å²) in [6.45, 7) is 2.41. The fraction of sp³-hybridized carbons (Fsp3) is 0.217. The molecule has 4 aromatic rings. The van der Waals surface area contributed by atoms with Crippen LogP contribution in [0.5, 0.6) is 11.6 Å². The molecule has 1 unspecified atom stereocenters. The van der Waals surface area contributed by atoms with Crippen molar-refractivity contribution in [2.75, 3.05) is 19.9 Å². The maximum atomic E-state index is 14.1. The van der Waals surface area contributed by atoms with Gasteiger partial charge in [0.25, 0.3) is 0 Å². The number of nitrogens with one attached hydrogen (secondary N) is 1. The first-order valence-corrected chi connectivity index (χ1v) is 10.3. The van der Waals surface area contributed by atoms with E-state index in [1.807, 2.05) is 19.2 Å². The van der Waals surface area contributed by atoms with E-state index in [0.29, 0.717) is 29.4 Å². The van der Waals surface area contributed by atoms with Crippen LogP contribution in [0, 0.1) is 5.82 Å². The van der Waals surface area contributed by atoms with Gasteiger partial charge < -0.3 is 20.5 Å². The van der Waals surface area contributed by atoms with Crippen molar-refractivity contribution >= 4 is 5.82 Å². The Kier molecular flexibility index (Phi) is 6.45. The van der Waals surface area contributed by atoms with Gasteiger partial charge in [-0.15, -0.1) is 0 Å². The van der Waals surface area contributed by atoms with Crippen LogP contribution in [0.2, 0.25) is 0 Å². The van der Waals surface area contributed by atoms with Crippen molar-refractivity contribution in [3.8, 4) is 28.4 Å². The Morgan fingerprint density at radius 3 is 2.67 bits per heavy atom. The topological polar surface area (TPSA) is 113 Å². The highest BCUT2D eigenvalue weighted by atomic mass is 19.1. The Labute approximate surface area is 190 Å². The molecule has 3 aromatic heterocycles. The van der Waals surface area contributed by atoms with E-state index < -0.39 is 11.9 Å². The van der Waals surface area contributed by atoms with Gasteiger partial charge in [0.2, 0.25) is 5.88 Å². The Morgan fingerprint density at radius 2 is 1.94 bits per heavy atom. The molecule has 9 nitrogen and oxygen atoms in total. The molecule has 0 aliphatic carbocycles. The summed E-state index contributed by atoms with van der Waals surface area (Å²) in [5.41, 5.74) is 9.57. The van der Waals surface area contributed by atoms with Crippen molar-refractivity contribution in [2.45, 2.75) is 19.6 Å². The summed E-state index contributed by atoms with van der Waals surface area (Å²) in [7, 11) is 3.41. The second kappa shape index (κ2) is 9.61. The number of benzene rings is 1. The summed E-state index contributed by atoms with van der Waals surface area (Å²) in [5, 5.41) is 11.3. The first kappa shape index (κ1) is 22.2. The zero-order valence-electron chi connectivity index (χ0n) is 18.5. The predicted octanol–water partition coefficient (Wildman–Crippen LogP) is 3.31. The number of nitrogens with two attached hydrogens (primary N) is 1. The number of methoxy groups -OCH3 is 1. The van der Waals surface area contributed by atoms with Crippen molar-refractivity contribution in [1.29, 1.82) is 0 Å². The molecule has 0 saturated heterocycles. The molecular weight excluding hydrogens is 425 g/mol. The fourth-order valence-corrected chi connectivity index (χ4v) is 3.46. The zero-order valence-corrected chi connectivity index (χ0v) is 18.5. The molecule has 3 N–H and O–H groups in total. The molecular formula is C23H24FN7O2. The van der Waals surface area contributed by atoms with Crippen molar-refractivity contribution in [2.24, 2.45) is 0 Å². The first-order chi connectivity index (χ1) is 16.0. The van der Waals surface area contributed by atoms with Gasteiger partial charge >= 0.3 is 0 Å². The molecule has 1 atom stereocenters. The van der Waals surface area contributed by atoms with Crippen LogP contribution in [0.4, 0.5) is 10.2 Å². The van der Waals surface area contributed by atoms with Crippen LogP contribution < -0.4 is 20.5 Å². The number of hydrogen-bond donors (Lipinski definition) is 2. The minimum Gasteiger partial charge on any atom is -0.482 e. The van der Waals surface area contributed by atoms with E-state index in [9.17, 15) is 4.39 Å². The predicted molar refractivity (Wildman–Crippen MR) is 122 cm³/mol. The zero-order chi connectivity index (χ0) is 23.4. The number of nitrogen functional groups attached to an aromatic ring is 1. The van der Waals surface area contributed by atoms with E-state index in [2.05, 4.69) is 25.5 Å². The molecule has 33 heavy (non-hydrogen) atoms. The monoisotopic (exact) mass is 449 g/mol. The summed E-state index contributed by atoms with van der Waals surface area (Å²) in [5.74, 6) is 0.628. The molecule has 0 aliphatic heterocycles. The number of aromatic nitrogens is 5. The smallest absolute Gasteiger partial charge is 0.221 e. The third-order valence-corrected chi connectivity index (χ3v) is 5.03. The second-order valence-electron chi connectivity index (χ2n) is 7.28. The lowest BCUT2D eigenvalue weighted by atomic mass is 10.1. The second-order valence-corrected chi connectivity index (χ2v) is 7.28. The van der Waals surface area contributed by atoms with Crippen LogP contribution in [0.15, 0.2) is 55.0 Å². The van der Waals surface area contributed by atoms with Crippen LogP contribution in [-0.2, 0) is 6.54 Å². The summed E-state index contributed by atoms with van der Waals surface area (Å²) < 4.78 is 25.7. The molecule has 0 spiro atoms. The Hall–Kier alpha value is -4.05. The number of anilines is 1. The van der Waals surface area contributed by atoms with Gasteiger partial charge in [-0.05, 0) is 50.4 Å². The molecule has 0 amide bonds. The van der Waals surface area contributed by atoms with E-state index in [1.165, 1.54) is 16.9 Å². The quantitative estimate of drug-likeness (QED) is 0.421. The van der Waals surface area contributed by atoms with Crippen LogP contribution >= 0.6 is 0 Å². The maximum absolute atomic E-state index is 14.1. The number of halogens is 1. The molecule has 4 rings (SSSR count). The summed E-state index contributed by atoms with van der Waals surface area (Å²) >= 11 is 0. The summed E-state index contributed by atoms with van der Waals surface area (Å²) in [4.78, 5) is 10.2. The van der Waals surface area contributed by atoms with E-state index in [-0.39, 0.29) is 5.82 Å². The molecule has 0 saturated carbocycles. The molecule has 170 valence electrons. The highest BCUT2D eigenvalue weighted by Crippen LogP contribution is 2.35. The van der Waals surface area contributed by atoms with E-state index in [0.717, 1.165) is 16.8 Å². The lowest BCUT2D eigenvalue weighted by Crippen LogP contribution is -2.11. The SMILES string of the molecule is CNCc1ccc(-c2cnc(N)c(OC(C)c3cc(F)ccc3-n3nccn3)c2)c(OC)n1. The molecule has 1 aromatic carbocycles. The molecule has 0 radical (unpaired) electrons. The normalized spacial score (nSPS) is 11.9. The van der Waals surface area contributed by atoms with Crippen LogP contribution in [-0.4, -0.2) is 39.1 Å². The van der Waals surface area contributed by atoms with Gasteiger partial charge in [0, 0.05) is 29.4 Å². The van der Waals surface area contributed by atoms with Gasteiger partial charge in [0.05, 0.1) is 30.9 Å². The van der Waals surface area contributed by atoms with Gasteiger partial charge in [-0.25, -0.2) is 14.4 Å². The third kappa shape index (κ3) is 4.75. The molecule has 0 bridgehead atoms. The number of ether oxygens (including phenoxy) is 2. The summed E-state index contributed by atoms with van der Waals surface area (Å²) in [6.07, 6.45) is 4.16. The van der Waals surface area contributed by atoms with Gasteiger partial charge in [-0.3, -0.25) is 0 Å². The Morgan fingerprint density at radius 1 is 1.15 bits per heavy atom. The lowest BCUT2D eigenvalue weighted by Gasteiger charge is -2.19. The number of hydrogen-bond acceptors (Lipinski definition) is 8. The van der Waals surface area contributed by atoms with Crippen molar-refractivity contribution in [3.05, 3.63) is 72.1 Å². The fourth-order valence-electron chi connectivity index (χ4n) is 3.46. The standard InChI is InChI=1S/C23H24FN7O2/c1-14(19-11-16(24)4-7-20(19)31-28-8-9-29-31)33-21-10-15(12-27-22(21)25)18-6-5-17(13-26-2)30-23(18)32-3/h4-12,14,26H,13H2,1-3H3,(H2,25,27). The third-order valence-electron chi connectivity index (χ3n) is 5.03. The minimum atomic E-state index is -0.570. The molecule has 0 aliphatic rings. The van der Waals surface area contributed by atoms with Gasteiger partial charge in [0.1, 0.15) is 11.9 Å². The maximum Gasteiger partial charge on any atom is 0.221 e. The van der Waals surface area contributed by atoms with Gasteiger partial charge in [-0.2, -0.15) is 15.0 Å². The van der Waals surface area contributed by atoms with E-state index in [4.69, 9.17) is 15.2 Å². The molecule has 10 heteroatoms. The van der Waals surface area contributed by atoms with Crippen molar-refractivity contribution in [3.63, 3.8) is 0 Å².